The van der Waals surface area contributed by atoms with Crippen molar-refractivity contribution in [2.24, 2.45) is 5.73 Å². The van der Waals surface area contributed by atoms with Gasteiger partial charge in [-0.3, -0.25) is 4.79 Å². The number of nitrogens with zero attached hydrogens (tertiary/aromatic N) is 3. The lowest BCUT2D eigenvalue weighted by atomic mass is 9.96. The van der Waals surface area contributed by atoms with Crippen molar-refractivity contribution < 1.29 is 22.7 Å². The Morgan fingerprint density at radius 2 is 1.93 bits per heavy atom. The zero-order valence-corrected chi connectivity index (χ0v) is 16.3. The van der Waals surface area contributed by atoms with Gasteiger partial charge in [0, 0.05) is 43.4 Å². The minimum Gasteiger partial charge on any atom is -0.406 e. The predicted molar refractivity (Wildman–Crippen MR) is 106 cm³/mol. The summed E-state index contributed by atoms with van der Waals surface area (Å²) >= 11 is 0. The molecule has 1 unspecified atom stereocenters. The number of piperidine rings is 1. The van der Waals surface area contributed by atoms with E-state index in [2.05, 4.69) is 4.74 Å². The Kier molecular flexibility index (Phi) is 5.46. The molecule has 0 aromatic heterocycles. The van der Waals surface area contributed by atoms with Crippen LogP contribution in [0.5, 0.6) is 5.75 Å². The molecule has 4 rings (SSSR count). The molecule has 1 atom stereocenters. The van der Waals surface area contributed by atoms with Crippen molar-refractivity contribution in [1.29, 1.82) is 0 Å². The molecular weight excluding hydrogens is 397 g/mol. The van der Waals surface area contributed by atoms with Gasteiger partial charge in [0.1, 0.15) is 5.75 Å². The number of anilines is 1. The highest BCUT2D eigenvalue weighted by Crippen LogP contribution is 2.35. The van der Waals surface area contributed by atoms with Gasteiger partial charge in [-0.25, -0.2) is 0 Å². The number of rotatable bonds is 4. The SMILES string of the molecule is NCN1C=CC2=CN(c3cccc(OC(F)(F)F)c3)C=C(C(=O)N3CCCCC3)C21. The quantitative estimate of drug-likeness (QED) is 0.810. The molecule has 2 N–H and O–H groups in total. The van der Waals surface area contributed by atoms with E-state index in [1.807, 2.05) is 22.1 Å². The maximum Gasteiger partial charge on any atom is 0.573 e. The number of ether oxygens (including phenoxy) is 1. The zero-order chi connectivity index (χ0) is 21.3. The highest BCUT2D eigenvalue weighted by atomic mass is 19.4. The number of hydrogen-bond acceptors (Lipinski definition) is 5. The maximum atomic E-state index is 13.3. The van der Waals surface area contributed by atoms with Gasteiger partial charge < -0.3 is 25.2 Å². The molecule has 3 heterocycles. The summed E-state index contributed by atoms with van der Waals surface area (Å²) < 4.78 is 41.9. The van der Waals surface area contributed by atoms with Crippen LogP contribution in [0.2, 0.25) is 0 Å². The summed E-state index contributed by atoms with van der Waals surface area (Å²) in [6, 6.07) is 5.39. The second kappa shape index (κ2) is 8.06. The number of alkyl halides is 3. The van der Waals surface area contributed by atoms with Crippen molar-refractivity contribution in [3.05, 3.63) is 60.1 Å². The first-order valence-electron chi connectivity index (χ1n) is 9.86. The smallest absolute Gasteiger partial charge is 0.406 e. The van der Waals surface area contributed by atoms with Crippen molar-refractivity contribution >= 4 is 11.6 Å². The number of halogens is 3. The molecule has 0 bridgehead atoms. The van der Waals surface area contributed by atoms with Crippen LogP contribution in [0.3, 0.4) is 0 Å². The average Bonchev–Trinajstić information content (AvgIpc) is 3.15. The lowest BCUT2D eigenvalue weighted by molar-refractivity contribution is -0.274. The number of carbonyl (C=O) groups is 1. The number of hydrogen-bond donors (Lipinski definition) is 1. The second-order valence-corrected chi connectivity index (χ2v) is 7.43. The summed E-state index contributed by atoms with van der Waals surface area (Å²) in [6.45, 7) is 1.65. The number of carbonyl (C=O) groups excluding carboxylic acids is 1. The van der Waals surface area contributed by atoms with E-state index in [-0.39, 0.29) is 24.4 Å². The number of fused-ring (bicyclic) bond motifs is 1. The second-order valence-electron chi connectivity index (χ2n) is 7.43. The number of amides is 1. The fraction of sp³-hybridized carbons (Fsp3) is 0.381. The van der Waals surface area contributed by atoms with Crippen LogP contribution in [0.4, 0.5) is 18.9 Å². The summed E-state index contributed by atoms with van der Waals surface area (Å²) in [5.74, 6) is -0.386. The van der Waals surface area contributed by atoms with Gasteiger partial charge >= 0.3 is 6.36 Å². The third-order valence-corrected chi connectivity index (χ3v) is 5.42. The van der Waals surface area contributed by atoms with Crippen LogP contribution in [0.25, 0.3) is 0 Å². The molecule has 0 saturated carbocycles. The Hall–Kier alpha value is -2.94. The number of benzene rings is 1. The van der Waals surface area contributed by atoms with E-state index in [4.69, 9.17) is 5.73 Å². The summed E-state index contributed by atoms with van der Waals surface area (Å²) in [5, 5.41) is 0. The predicted octanol–water partition coefficient (Wildman–Crippen LogP) is 3.30. The largest absolute Gasteiger partial charge is 0.573 e. The molecule has 3 aliphatic heterocycles. The van der Waals surface area contributed by atoms with Gasteiger partial charge in [-0.1, -0.05) is 6.07 Å². The fourth-order valence-corrected chi connectivity index (χ4v) is 4.05. The van der Waals surface area contributed by atoms with Crippen molar-refractivity contribution in [3.8, 4) is 5.75 Å². The Balaban J connectivity index is 1.68. The first-order valence-corrected chi connectivity index (χ1v) is 9.86. The average molecular weight is 420 g/mol. The van der Waals surface area contributed by atoms with Crippen LogP contribution in [-0.4, -0.2) is 47.9 Å². The molecule has 1 aromatic rings. The van der Waals surface area contributed by atoms with Crippen molar-refractivity contribution in [3.63, 3.8) is 0 Å². The van der Waals surface area contributed by atoms with Gasteiger partial charge in [-0.05, 0) is 43.0 Å². The Morgan fingerprint density at radius 3 is 2.63 bits per heavy atom. The molecular formula is C21H23F3N4O2. The standard InChI is InChI=1S/C21H23F3N4O2/c22-21(23,24)30-17-6-4-5-16(11-17)28-12-15-7-10-27(14-25)19(15)18(13-28)20(29)26-8-2-1-3-9-26/h4-7,10-13,19H,1-3,8-9,14,25H2. The molecule has 1 aromatic carbocycles. The van der Waals surface area contributed by atoms with Gasteiger partial charge in [0.25, 0.3) is 5.91 Å². The van der Waals surface area contributed by atoms with Crippen molar-refractivity contribution in [2.75, 3.05) is 24.7 Å². The van der Waals surface area contributed by atoms with Crippen LogP contribution >= 0.6 is 0 Å². The molecule has 0 spiro atoms. The normalized spacial score (nSPS) is 21.3. The van der Waals surface area contributed by atoms with E-state index in [9.17, 15) is 18.0 Å². The number of nitrogens with two attached hydrogens (primary N) is 1. The maximum absolute atomic E-state index is 13.3. The van der Waals surface area contributed by atoms with Gasteiger partial charge in [0.15, 0.2) is 0 Å². The molecule has 30 heavy (non-hydrogen) atoms. The third-order valence-electron chi connectivity index (χ3n) is 5.42. The summed E-state index contributed by atoms with van der Waals surface area (Å²) in [6.07, 6.45) is 5.45. The van der Waals surface area contributed by atoms with Crippen molar-refractivity contribution in [1.82, 2.24) is 9.80 Å². The van der Waals surface area contributed by atoms with Crippen LogP contribution < -0.4 is 15.4 Å². The van der Waals surface area contributed by atoms with Gasteiger partial charge in [-0.2, -0.15) is 0 Å². The summed E-state index contributed by atoms with van der Waals surface area (Å²) in [5.41, 5.74) is 7.73. The minimum absolute atomic E-state index is 0.0693. The molecule has 3 aliphatic rings. The number of likely N-dealkylation sites (tertiary alicyclic amines) is 1. The van der Waals surface area contributed by atoms with Gasteiger partial charge in [0.2, 0.25) is 0 Å². The molecule has 0 aliphatic carbocycles. The molecule has 9 heteroatoms. The first kappa shape index (κ1) is 20.3. The van der Waals surface area contributed by atoms with E-state index in [0.717, 1.165) is 24.8 Å². The van der Waals surface area contributed by atoms with E-state index in [0.29, 0.717) is 24.4 Å². The van der Waals surface area contributed by atoms with E-state index in [1.165, 1.54) is 18.2 Å². The first-order chi connectivity index (χ1) is 14.4. The molecule has 160 valence electrons. The minimum atomic E-state index is -4.77. The van der Waals surface area contributed by atoms with Crippen LogP contribution in [0.1, 0.15) is 19.3 Å². The summed E-state index contributed by atoms with van der Waals surface area (Å²) in [4.78, 5) is 18.7. The van der Waals surface area contributed by atoms with Gasteiger partial charge in [-0.15, -0.1) is 13.2 Å². The van der Waals surface area contributed by atoms with Crippen LogP contribution in [-0.2, 0) is 4.79 Å². The molecule has 1 amide bonds. The monoisotopic (exact) mass is 420 g/mol. The highest BCUT2D eigenvalue weighted by Gasteiger charge is 2.37. The third kappa shape index (κ3) is 4.16. The van der Waals surface area contributed by atoms with Gasteiger partial charge in [0.05, 0.1) is 18.3 Å². The lowest BCUT2D eigenvalue weighted by Gasteiger charge is -2.36. The molecule has 6 nitrogen and oxygen atoms in total. The molecule has 1 fully saturated rings. The Labute approximate surface area is 172 Å². The van der Waals surface area contributed by atoms with E-state index >= 15 is 0 Å². The molecule has 1 saturated heterocycles. The van der Waals surface area contributed by atoms with Crippen molar-refractivity contribution in [2.45, 2.75) is 31.7 Å². The molecule has 0 radical (unpaired) electrons. The Morgan fingerprint density at radius 1 is 1.17 bits per heavy atom. The zero-order valence-electron chi connectivity index (χ0n) is 16.3. The lowest BCUT2D eigenvalue weighted by Crippen LogP contribution is -2.45. The van der Waals surface area contributed by atoms with E-state index < -0.39 is 6.36 Å². The Bertz CT molecular complexity index is 904. The van der Waals surface area contributed by atoms with Crippen LogP contribution in [0.15, 0.2) is 60.1 Å². The summed E-state index contributed by atoms with van der Waals surface area (Å²) in [7, 11) is 0. The topological polar surface area (TPSA) is 62.0 Å². The highest BCUT2D eigenvalue weighted by molar-refractivity contribution is 5.97. The fourth-order valence-electron chi connectivity index (χ4n) is 4.05. The van der Waals surface area contributed by atoms with E-state index in [1.54, 1.807) is 23.4 Å². The van der Waals surface area contributed by atoms with Crippen LogP contribution in [0, 0.1) is 0 Å².